The summed E-state index contributed by atoms with van der Waals surface area (Å²) in [6.45, 7) is 2.59. The van der Waals surface area contributed by atoms with E-state index in [1.165, 1.54) is 37.8 Å². The highest BCUT2D eigenvalue weighted by Gasteiger charge is 2.19. The predicted octanol–water partition coefficient (Wildman–Crippen LogP) is 4.71. The Morgan fingerprint density at radius 2 is 2.04 bits per heavy atom. The first kappa shape index (κ1) is 17.2. The van der Waals surface area contributed by atoms with E-state index in [4.69, 9.17) is 0 Å². The average molecular weight is 371 g/mol. The van der Waals surface area contributed by atoms with Crippen molar-refractivity contribution in [2.24, 2.45) is 5.92 Å². The smallest absolute Gasteiger partial charge is 0.220 e. The van der Waals surface area contributed by atoms with E-state index in [1.807, 2.05) is 17.5 Å². The van der Waals surface area contributed by atoms with Gasteiger partial charge < -0.3 is 5.32 Å². The van der Waals surface area contributed by atoms with E-state index < -0.39 is 0 Å². The maximum Gasteiger partial charge on any atom is 0.220 e. The highest BCUT2D eigenvalue weighted by Crippen LogP contribution is 2.29. The van der Waals surface area contributed by atoms with Gasteiger partial charge in [0.15, 0.2) is 4.96 Å². The SMILES string of the molecule is Cc1c(CNC(=O)CC2CCCC2)sc2nc(-c3ccc(F)cc3)cn12. The van der Waals surface area contributed by atoms with Crippen LogP contribution in [0.3, 0.4) is 0 Å². The molecule has 2 aromatic heterocycles. The van der Waals surface area contributed by atoms with Crippen LogP contribution in [-0.2, 0) is 11.3 Å². The Balaban J connectivity index is 1.45. The maximum atomic E-state index is 13.1. The summed E-state index contributed by atoms with van der Waals surface area (Å²) >= 11 is 1.59. The third kappa shape index (κ3) is 3.51. The van der Waals surface area contributed by atoms with E-state index >= 15 is 0 Å². The van der Waals surface area contributed by atoms with Gasteiger partial charge in [-0.15, -0.1) is 0 Å². The fraction of sp³-hybridized carbons (Fsp3) is 0.400. The third-order valence-electron chi connectivity index (χ3n) is 5.19. The van der Waals surface area contributed by atoms with Crippen LogP contribution >= 0.6 is 11.3 Å². The number of imidazole rings is 1. The highest BCUT2D eigenvalue weighted by molar-refractivity contribution is 7.17. The molecule has 4 nitrogen and oxygen atoms in total. The molecule has 3 aromatic rings. The molecule has 0 aliphatic heterocycles. The van der Waals surface area contributed by atoms with E-state index in [2.05, 4.69) is 10.3 Å². The Kier molecular flexibility index (Phi) is 4.76. The molecule has 1 saturated carbocycles. The number of nitrogens with one attached hydrogen (secondary N) is 1. The molecule has 1 aliphatic carbocycles. The topological polar surface area (TPSA) is 46.4 Å². The van der Waals surface area contributed by atoms with E-state index in [0.717, 1.165) is 26.8 Å². The summed E-state index contributed by atoms with van der Waals surface area (Å²) < 4.78 is 15.1. The molecule has 26 heavy (non-hydrogen) atoms. The number of carbonyl (C=O) groups is 1. The zero-order valence-corrected chi connectivity index (χ0v) is 15.6. The van der Waals surface area contributed by atoms with E-state index in [0.29, 0.717) is 18.9 Å². The monoisotopic (exact) mass is 371 g/mol. The van der Waals surface area contributed by atoms with Crippen molar-refractivity contribution in [1.82, 2.24) is 14.7 Å². The van der Waals surface area contributed by atoms with E-state index in [-0.39, 0.29) is 11.7 Å². The van der Waals surface area contributed by atoms with Crippen molar-refractivity contribution in [3.63, 3.8) is 0 Å². The number of benzene rings is 1. The summed E-state index contributed by atoms with van der Waals surface area (Å²) in [7, 11) is 0. The summed E-state index contributed by atoms with van der Waals surface area (Å²) in [4.78, 5) is 18.8. The van der Waals surface area contributed by atoms with E-state index in [9.17, 15) is 9.18 Å². The van der Waals surface area contributed by atoms with Crippen molar-refractivity contribution in [1.29, 1.82) is 0 Å². The molecular weight excluding hydrogens is 349 g/mol. The molecule has 0 unspecified atom stereocenters. The van der Waals surface area contributed by atoms with Gasteiger partial charge in [-0.2, -0.15) is 0 Å². The van der Waals surface area contributed by atoms with Crippen molar-refractivity contribution >= 4 is 22.2 Å². The zero-order chi connectivity index (χ0) is 18.1. The average Bonchev–Trinajstić information content (AvgIpc) is 3.33. The summed E-state index contributed by atoms with van der Waals surface area (Å²) in [5, 5.41) is 3.06. The number of aromatic nitrogens is 2. The lowest BCUT2D eigenvalue weighted by molar-refractivity contribution is -0.122. The minimum absolute atomic E-state index is 0.148. The molecule has 2 heterocycles. The molecule has 1 N–H and O–H groups in total. The summed E-state index contributed by atoms with van der Waals surface area (Å²) in [6, 6.07) is 6.37. The molecule has 1 fully saturated rings. The lowest BCUT2D eigenvalue weighted by atomic mass is 10.0. The van der Waals surface area contributed by atoms with Gasteiger partial charge in [0.2, 0.25) is 5.91 Å². The van der Waals surface area contributed by atoms with Crippen LogP contribution in [0.5, 0.6) is 0 Å². The molecule has 1 amide bonds. The first-order valence-electron chi connectivity index (χ1n) is 9.10. The van der Waals surface area contributed by atoms with Crippen LogP contribution in [0.15, 0.2) is 30.5 Å². The molecule has 1 aliphatic rings. The van der Waals surface area contributed by atoms with Crippen molar-refractivity contribution in [3.8, 4) is 11.3 Å². The van der Waals surface area contributed by atoms with Gasteiger partial charge in [-0.25, -0.2) is 9.37 Å². The number of hydrogen-bond donors (Lipinski definition) is 1. The van der Waals surface area contributed by atoms with Gasteiger partial charge in [-0.05, 0) is 49.9 Å². The number of carbonyl (C=O) groups excluding carboxylic acids is 1. The van der Waals surface area contributed by atoms with Gasteiger partial charge in [0.25, 0.3) is 0 Å². The quantitative estimate of drug-likeness (QED) is 0.706. The van der Waals surface area contributed by atoms with Gasteiger partial charge in [0.1, 0.15) is 5.82 Å². The summed E-state index contributed by atoms with van der Waals surface area (Å²) in [6.07, 6.45) is 7.51. The van der Waals surface area contributed by atoms with Crippen LogP contribution < -0.4 is 5.32 Å². The molecule has 0 saturated heterocycles. The van der Waals surface area contributed by atoms with E-state index in [1.54, 1.807) is 23.5 Å². The van der Waals surface area contributed by atoms with Crippen LogP contribution in [-0.4, -0.2) is 15.3 Å². The van der Waals surface area contributed by atoms with Gasteiger partial charge in [0, 0.05) is 28.8 Å². The minimum atomic E-state index is -0.249. The van der Waals surface area contributed by atoms with Crippen molar-refractivity contribution in [2.75, 3.05) is 0 Å². The Morgan fingerprint density at radius 1 is 1.31 bits per heavy atom. The Morgan fingerprint density at radius 3 is 2.73 bits per heavy atom. The number of thiazole rings is 1. The Hall–Kier alpha value is -2.21. The molecule has 136 valence electrons. The lowest BCUT2D eigenvalue weighted by Gasteiger charge is -2.09. The predicted molar refractivity (Wildman–Crippen MR) is 102 cm³/mol. The number of fused-ring (bicyclic) bond motifs is 1. The molecule has 0 atom stereocenters. The van der Waals surface area contributed by atoms with Gasteiger partial charge in [-0.3, -0.25) is 9.20 Å². The normalized spacial score (nSPS) is 15.0. The molecule has 4 rings (SSSR count). The number of amides is 1. The lowest BCUT2D eigenvalue weighted by Crippen LogP contribution is -2.24. The second kappa shape index (κ2) is 7.19. The summed E-state index contributed by atoms with van der Waals surface area (Å²) in [5.41, 5.74) is 2.82. The standard InChI is InChI=1S/C20H22FN3OS/c1-13-18(11-22-19(25)10-14-4-2-3-5-14)26-20-23-17(12-24(13)20)15-6-8-16(21)9-7-15/h6-9,12,14H,2-5,10-11H2,1H3,(H,22,25). The molecule has 0 spiro atoms. The van der Waals surface area contributed by atoms with Crippen LogP contribution in [0.25, 0.3) is 16.2 Å². The van der Waals surface area contributed by atoms with Crippen LogP contribution in [0.2, 0.25) is 0 Å². The van der Waals surface area contributed by atoms with Crippen molar-refractivity contribution in [2.45, 2.75) is 45.6 Å². The van der Waals surface area contributed by atoms with Gasteiger partial charge >= 0.3 is 0 Å². The molecular formula is C20H22FN3OS. The van der Waals surface area contributed by atoms with Crippen LogP contribution in [0.1, 0.15) is 42.7 Å². The Bertz CT molecular complexity index is 923. The first-order chi connectivity index (χ1) is 12.6. The number of rotatable bonds is 5. The first-order valence-corrected chi connectivity index (χ1v) is 9.92. The zero-order valence-electron chi connectivity index (χ0n) is 14.8. The third-order valence-corrected chi connectivity index (χ3v) is 6.34. The second-order valence-electron chi connectivity index (χ2n) is 7.03. The van der Waals surface area contributed by atoms with Gasteiger partial charge in [-0.1, -0.05) is 24.2 Å². The minimum Gasteiger partial charge on any atom is -0.351 e. The number of nitrogens with zero attached hydrogens (tertiary/aromatic N) is 2. The Labute approximate surface area is 156 Å². The van der Waals surface area contributed by atoms with Crippen LogP contribution in [0.4, 0.5) is 4.39 Å². The van der Waals surface area contributed by atoms with Crippen molar-refractivity contribution < 1.29 is 9.18 Å². The fourth-order valence-corrected chi connectivity index (χ4v) is 4.69. The molecule has 6 heteroatoms. The van der Waals surface area contributed by atoms with Crippen molar-refractivity contribution in [3.05, 3.63) is 46.9 Å². The van der Waals surface area contributed by atoms with Gasteiger partial charge in [0.05, 0.1) is 12.2 Å². The number of halogens is 1. The fourth-order valence-electron chi connectivity index (χ4n) is 3.65. The molecule has 0 radical (unpaired) electrons. The largest absolute Gasteiger partial charge is 0.351 e. The highest BCUT2D eigenvalue weighted by atomic mass is 32.1. The van der Waals surface area contributed by atoms with Crippen LogP contribution in [0, 0.1) is 18.7 Å². The second-order valence-corrected chi connectivity index (χ2v) is 8.09. The number of hydrogen-bond acceptors (Lipinski definition) is 3. The summed E-state index contributed by atoms with van der Waals surface area (Å²) in [5.74, 6) is 0.464. The molecule has 1 aromatic carbocycles. The number of aryl methyl sites for hydroxylation is 1. The maximum absolute atomic E-state index is 13.1. The molecule has 0 bridgehead atoms.